The van der Waals surface area contributed by atoms with Crippen molar-refractivity contribution in [3.05, 3.63) is 51.4 Å². The number of aromatic nitrogens is 1. The summed E-state index contributed by atoms with van der Waals surface area (Å²) >= 11 is 7.44. The minimum Gasteiger partial charge on any atom is -0.323 e. The van der Waals surface area contributed by atoms with Crippen molar-refractivity contribution in [2.45, 2.75) is 18.9 Å². The summed E-state index contributed by atoms with van der Waals surface area (Å²) in [7, 11) is 0. The quantitative estimate of drug-likeness (QED) is 0.906. The molecule has 0 fully saturated rings. The predicted molar refractivity (Wildman–Crippen MR) is 68.8 cm³/mol. The zero-order chi connectivity index (χ0) is 11.4. The first-order chi connectivity index (χ1) is 7.75. The lowest BCUT2D eigenvalue weighted by Crippen LogP contribution is -2.09. The number of nitrogens with zero attached hydrogens (tertiary/aromatic N) is 1. The smallest absolute Gasteiger partial charge is 0.0931 e. The highest BCUT2D eigenvalue weighted by atomic mass is 35.5. The molecule has 0 bridgehead atoms. The summed E-state index contributed by atoms with van der Waals surface area (Å²) < 4.78 is 0.800. The molecule has 2 rings (SSSR count). The molecule has 84 valence electrons. The van der Waals surface area contributed by atoms with Crippen molar-refractivity contribution in [2.24, 2.45) is 5.73 Å². The van der Waals surface area contributed by atoms with Gasteiger partial charge in [0.15, 0.2) is 0 Å². The van der Waals surface area contributed by atoms with Gasteiger partial charge in [0.05, 0.1) is 4.34 Å². The fourth-order valence-electron chi connectivity index (χ4n) is 1.54. The molecule has 2 nitrogen and oxygen atoms in total. The van der Waals surface area contributed by atoms with Crippen LogP contribution in [0.1, 0.15) is 22.9 Å². The van der Waals surface area contributed by atoms with Gasteiger partial charge in [-0.05, 0) is 42.7 Å². The molecule has 1 unspecified atom stereocenters. The standard InChI is InChI=1S/C12H13ClN2S/c13-12-4-3-11(16-12)10(14)2-1-9-5-7-15-8-6-9/h3-8,10H,1-2,14H2. The van der Waals surface area contributed by atoms with E-state index in [0.717, 1.165) is 22.1 Å². The Hall–Kier alpha value is -0.900. The highest BCUT2D eigenvalue weighted by molar-refractivity contribution is 7.16. The van der Waals surface area contributed by atoms with Crippen LogP contribution >= 0.6 is 22.9 Å². The zero-order valence-corrected chi connectivity index (χ0v) is 10.3. The molecule has 2 heterocycles. The molecule has 2 N–H and O–H groups in total. The van der Waals surface area contributed by atoms with Gasteiger partial charge >= 0.3 is 0 Å². The van der Waals surface area contributed by atoms with E-state index in [1.807, 2.05) is 36.7 Å². The van der Waals surface area contributed by atoms with Crippen LogP contribution in [0.2, 0.25) is 4.34 Å². The third-order valence-electron chi connectivity index (χ3n) is 2.45. The number of halogens is 1. The normalized spacial score (nSPS) is 12.6. The minimum absolute atomic E-state index is 0.0747. The first-order valence-corrected chi connectivity index (χ1v) is 6.35. The molecule has 0 spiro atoms. The third kappa shape index (κ3) is 3.04. The molecule has 0 amide bonds. The van der Waals surface area contributed by atoms with E-state index in [1.54, 1.807) is 11.3 Å². The molecule has 1 atom stereocenters. The van der Waals surface area contributed by atoms with Gasteiger partial charge in [0.2, 0.25) is 0 Å². The SMILES string of the molecule is NC(CCc1ccncc1)c1ccc(Cl)s1. The Balaban J connectivity index is 1.91. The summed E-state index contributed by atoms with van der Waals surface area (Å²) in [5.74, 6) is 0. The fourth-order valence-corrected chi connectivity index (χ4v) is 2.64. The Morgan fingerprint density at radius 1 is 1.25 bits per heavy atom. The third-order valence-corrected chi connectivity index (χ3v) is 3.82. The maximum atomic E-state index is 6.09. The van der Waals surface area contributed by atoms with E-state index >= 15 is 0 Å². The molecule has 2 aromatic rings. The van der Waals surface area contributed by atoms with Crippen LogP contribution in [0.3, 0.4) is 0 Å². The van der Waals surface area contributed by atoms with Crippen molar-refractivity contribution in [1.82, 2.24) is 4.98 Å². The highest BCUT2D eigenvalue weighted by Crippen LogP contribution is 2.27. The van der Waals surface area contributed by atoms with Gasteiger partial charge in [-0.1, -0.05) is 11.6 Å². The van der Waals surface area contributed by atoms with Crippen LogP contribution in [0.4, 0.5) is 0 Å². The van der Waals surface area contributed by atoms with E-state index in [1.165, 1.54) is 5.56 Å². The van der Waals surface area contributed by atoms with E-state index in [-0.39, 0.29) is 6.04 Å². The lowest BCUT2D eigenvalue weighted by atomic mass is 10.1. The van der Waals surface area contributed by atoms with E-state index in [9.17, 15) is 0 Å². The van der Waals surface area contributed by atoms with Crippen LogP contribution in [0.5, 0.6) is 0 Å². The molecular weight excluding hydrogens is 240 g/mol. The van der Waals surface area contributed by atoms with Crippen molar-refractivity contribution in [3.8, 4) is 0 Å². The van der Waals surface area contributed by atoms with Crippen molar-refractivity contribution in [3.63, 3.8) is 0 Å². The largest absolute Gasteiger partial charge is 0.323 e. The second-order valence-electron chi connectivity index (χ2n) is 3.64. The Labute approximate surface area is 104 Å². The van der Waals surface area contributed by atoms with Crippen LogP contribution < -0.4 is 5.73 Å². The van der Waals surface area contributed by atoms with E-state index < -0.39 is 0 Å². The predicted octanol–water partition coefficient (Wildman–Crippen LogP) is 3.43. The minimum atomic E-state index is 0.0747. The number of aryl methyl sites for hydroxylation is 1. The zero-order valence-electron chi connectivity index (χ0n) is 8.77. The molecule has 0 aliphatic heterocycles. The van der Waals surface area contributed by atoms with Gasteiger partial charge in [0, 0.05) is 23.3 Å². The monoisotopic (exact) mass is 252 g/mol. The summed E-state index contributed by atoms with van der Waals surface area (Å²) in [6, 6.07) is 8.02. The summed E-state index contributed by atoms with van der Waals surface area (Å²) in [4.78, 5) is 5.14. The van der Waals surface area contributed by atoms with Crippen molar-refractivity contribution in [2.75, 3.05) is 0 Å². The van der Waals surface area contributed by atoms with Crippen LogP contribution in [-0.4, -0.2) is 4.98 Å². The van der Waals surface area contributed by atoms with E-state index in [4.69, 9.17) is 17.3 Å². The lowest BCUT2D eigenvalue weighted by molar-refractivity contribution is 0.662. The van der Waals surface area contributed by atoms with Crippen LogP contribution in [0.25, 0.3) is 0 Å². The Kier molecular flexibility index (Phi) is 3.93. The molecule has 4 heteroatoms. The van der Waals surface area contributed by atoms with Gasteiger partial charge in [-0.2, -0.15) is 0 Å². The molecular formula is C12H13ClN2S. The van der Waals surface area contributed by atoms with Crippen LogP contribution in [-0.2, 0) is 6.42 Å². The van der Waals surface area contributed by atoms with Gasteiger partial charge in [0.25, 0.3) is 0 Å². The molecule has 0 radical (unpaired) electrons. The number of hydrogen-bond donors (Lipinski definition) is 1. The molecule has 0 saturated heterocycles. The maximum Gasteiger partial charge on any atom is 0.0931 e. The fraction of sp³-hybridized carbons (Fsp3) is 0.250. The van der Waals surface area contributed by atoms with Gasteiger partial charge in [0.1, 0.15) is 0 Å². The van der Waals surface area contributed by atoms with Crippen LogP contribution in [0, 0.1) is 0 Å². The second-order valence-corrected chi connectivity index (χ2v) is 5.39. The van der Waals surface area contributed by atoms with Gasteiger partial charge < -0.3 is 5.73 Å². The second kappa shape index (κ2) is 5.43. The number of thiophene rings is 1. The number of hydrogen-bond acceptors (Lipinski definition) is 3. The summed E-state index contributed by atoms with van der Waals surface area (Å²) in [5, 5.41) is 0. The summed E-state index contributed by atoms with van der Waals surface area (Å²) in [5.41, 5.74) is 7.36. The van der Waals surface area contributed by atoms with Crippen molar-refractivity contribution < 1.29 is 0 Å². The Morgan fingerprint density at radius 3 is 2.62 bits per heavy atom. The Morgan fingerprint density at radius 2 is 2.00 bits per heavy atom. The van der Waals surface area contributed by atoms with Gasteiger partial charge in [-0.25, -0.2) is 0 Å². The van der Waals surface area contributed by atoms with Gasteiger partial charge in [-0.3, -0.25) is 4.98 Å². The summed E-state index contributed by atoms with van der Waals surface area (Å²) in [6.45, 7) is 0. The first kappa shape index (κ1) is 11.6. The molecule has 0 aliphatic rings. The number of rotatable bonds is 4. The maximum absolute atomic E-state index is 6.09. The number of nitrogens with two attached hydrogens (primary N) is 1. The molecule has 0 aromatic carbocycles. The van der Waals surface area contributed by atoms with Gasteiger partial charge in [-0.15, -0.1) is 11.3 Å². The Bertz CT molecular complexity index is 441. The average Bonchev–Trinajstić information content (AvgIpc) is 2.74. The molecule has 0 aliphatic carbocycles. The van der Waals surface area contributed by atoms with E-state index in [0.29, 0.717) is 0 Å². The molecule has 16 heavy (non-hydrogen) atoms. The van der Waals surface area contributed by atoms with Crippen LogP contribution in [0.15, 0.2) is 36.7 Å². The van der Waals surface area contributed by atoms with E-state index in [2.05, 4.69) is 4.98 Å². The van der Waals surface area contributed by atoms with Crippen molar-refractivity contribution in [1.29, 1.82) is 0 Å². The topological polar surface area (TPSA) is 38.9 Å². The average molecular weight is 253 g/mol. The highest BCUT2D eigenvalue weighted by Gasteiger charge is 2.08. The molecule has 0 saturated carbocycles. The summed E-state index contributed by atoms with van der Waals surface area (Å²) in [6.07, 6.45) is 5.52. The molecule has 2 aromatic heterocycles. The number of pyridine rings is 1. The first-order valence-electron chi connectivity index (χ1n) is 5.15. The lowest BCUT2D eigenvalue weighted by Gasteiger charge is -2.08. The van der Waals surface area contributed by atoms with Crippen molar-refractivity contribution >= 4 is 22.9 Å².